The van der Waals surface area contributed by atoms with E-state index in [0.717, 1.165) is 43.7 Å². The van der Waals surface area contributed by atoms with Crippen molar-refractivity contribution in [3.8, 4) is 23.4 Å². The normalized spacial score (nSPS) is 14.2. The Bertz CT molecular complexity index is 1420. The molecule has 1 aliphatic heterocycles. The molecule has 0 unspecified atom stereocenters. The summed E-state index contributed by atoms with van der Waals surface area (Å²) in [4.78, 5) is 17.9. The molecule has 2 heterocycles. The zero-order chi connectivity index (χ0) is 27.8. The average Bonchev–Trinajstić information content (AvgIpc) is 3.33. The monoisotopic (exact) mass is 541 g/mol. The molecule has 3 aromatic rings. The average molecular weight is 542 g/mol. The maximum Gasteiger partial charge on any atom is 0.266 e. The number of nitrogens with one attached hydrogen (secondary N) is 1. The summed E-state index contributed by atoms with van der Waals surface area (Å²) >= 11 is 6.20. The van der Waals surface area contributed by atoms with Gasteiger partial charge in [-0.25, -0.2) is 0 Å². The van der Waals surface area contributed by atoms with Crippen LogP contribution in [0.15, 0.2) is 60.3 Å². The number of anilines is 2. The van der Waals surface area contributed by atoms with Crippen molar-refractivity contribution >= 4 is 35.0 Å². The number of halogens is 1. The third-order valence-electron chi connectivity index (χ3n) is 6.74. The first kappa shape index (κ1) is 27.9. The summed E-state index contributed by atoms with van der Waals surface area (Å²) < 4.78 is 1.65. The van der Waals surface area contributed by atoms with Crippen LogP contribution < -0.4 is 10.2 Å². The summed E-state index contributed by atoms with van der Waals surface area (Å²) in [6, 6.07) is 19.1. The molecule has 1 fully saturated rings. The van der Waals surface area contributed by atoms with Gasteiger partial charge < -0.3 is 15.1 Å². The van der Waals surface area contributed by atoms with Gasteiger partial charge >= 0.3 is 0 Å². The lowest BCUT2D eigenvalue weighted by atomic mass is 9.96. The Hall–Kier alpha value is -4.11. The maximum atomic E-state index is 13.3. The molecule has 4 rings (SSSR count). The first-order chi connectivity index (χ1) is 18.9. The lowest BCUT2D eigenvalue weighted by Crippen LogP contribution is -2.37. The number of nitrogens with zero attached hydrogens (tertiary/aromatic N) is 6. The number of carbonyl (C=O) groups excluding carboxylic acids is 1. The van der Waals surface area contributed by atoms with Gasteiger partial charge in [0.25, 0.3) is 5.91 Å². The molecule has 8 nitrogen and oxygen atoms in total. The first-order valence-electron chi connectivity index (χ1n) is 13.0. The highest BCUT2D eigenvalue weighted by Gasteiger charge is 2.22. The highest BCUT2D eigenvalue weighted by atomic mass is 35.5. The molecule has 39 heavy (non-hydrogen) atoms. The zero-order valence-electron chi connectivity index (χ0n) is 22.3. The van der Waals surface area contributed by atoms with Gasteiger partial charge in [0.1, 0.15) is 11.6 Å². The van der Waals surface area contributed by atoms with Gasteiger partial charge in [-0.15, -0.1) is 0 Å². The highest BCUT2D eigenvalue weighted by Crippen LogP contribution is 2.31. The number of amides is 1. The van der Waals surface area contributed by atoms with Crippen molar-refractivity contribution in [3.63, 3.8) is 0 Å². The number of aryl methyl sites for hydroxylation is 1. The smallest absolute Gasteiger partial charge is 0.266 e. The van der Waals surface area contributed by atoms with E-state index in [4.69, 9.17) is 16.9 Å². The minimum atomic E-state index is -0.491. The van der Waals surface area contributed by atoms with E-state index >= 15 is 0 Å². The molecular weight excluding hydrogens is 510 g/mol. The number of hydrogen-bond acceptors (Lipinski definition) is 6. The summed E-state index contributed by atoms with van der Waals surface area (Å²) in [5.74, 6) is 0.170. The Kier molecular flexibility index (Phi) is 9.38. The number of piperidine rings is 1. The van der Waals surface area contributed by atoms with E-state index in [1.165, 1.54) is 6.08 Å². The predicted octanol–water partition coefficient (Wildman–Crippen LogP) is 5.44. The van der Waals surface area contributed by atoms with Crippen LogP contribution in [0.4, 0.5) is 11.4 Å². The van der Waals surface area contributed by atoms with E-state index < -0.39 is 5.91 Å². The second-order valence-corrected chi connectivity index (χ2v) is 10.4. The van der Waals surface area contributed by atoms with E-state index in [9.17, 15) is 10.1 Å². The largest absolute Gasteiger partial charge is 0.370 e. The predicted molar refractivity (Wildman–Crippen MR) is 155 cm³/mol. The minimum absolute atomic E-state index is 0.0439. The van der Waals surface area contributed by atoms with Crippen molar-refractivity contribution in [3.05, 3.63) is 70.9 Å². The molecule has 9 heteroatoms. The number of hydrogen-bond donors (Lipinski definition) is 1. The van der Waals surface area contributed by atoms with Crippen LogP contribution in [0.2, 0.25) is 5.02 Å². The number of nitriles is 2. The third kappa shape index (κ3) is 7.26. The van der Waals surface area contributed by atoms with Gasteiger partial charge in [0.2, 0.25) is 0 Å². The van der Waals surface area contributed by atoms with Crippen molar-refractivity contribution in [2.45, 2.75) is 25.8 Å². The summed E-state index contributed by atoms with van der Waals surface area (Å²) in [5.41, 5.74) is 3.52. The highest BCUT2D eigenvalue weighted by molar-refractivity contribution is 6.30. The van der Waals surface area contributed by atoms with Crippen molar-refractivity contribution in [1.82, 2.24) is 14.7 Å². The van der Waals surface area contributed by atoms with E-state index in [1.807, 2.05) is 36.4 Å². The molecule has 0 saturated carbocycles. The Balaban J connectivity index is 1.57. The van der Waals surface area contributed by atoms with Crippen molar-refractivity contribution in [2.24, 2.45) is 5.92 Å². The zero-order valence-corrected chi connectivity index (χ0v) is 23.0. The molecule has 2 aromatic carbocycles. The van der Waals surface area contributed by atoms with Crippen LogP contribution in [0.3, 0.4) is 0 Å². The fraction of sp³-hybridized carbons (Fsp3) is 0.333. The van der Waals surface area contributed by atoms with Crippen LogP contribution in [0.1, 0.15) is 24.8 Å². The van der Waals surface area contributed by atoms with Crippen LogP contribution in [0.25, 0.3) is 17.3 Å². The lowest BCUT2D eigenvalue weighted by Gasteiger charge is -2.35. The van der Waals surface area contributed by atoms with Gasteiger partial charge in [-0.2, -0.15) is 15.6 Å². The molecular formula is C30H32ClN7O. The van der Waals surface area contributed by atoms with Crippen LogP contribution in [-0.4, -0.2) is 54.3 Å². The number of rotatable bonds is 9. The second kappa shape index (κ2) is 13.1. The van der Waals surface area contributed by atoms with Crippen LogP contribution in [0.5, 0.6) is 0 Å². The number of aromatic nitrogens is 2. The summed E-state index contributed by atoms with van der Waals surface area (Å²) in [5, 5.41) is 27.0. The Labute approximate surface area is 234 Å². The Morgan fingerprint density at radius 2 is 1.95 bits per heavy atom. The third-order valence-corrected chi connectivity index (χ3v) is 6.97. The van der Waals surface area contributed by atoms with Crippen molar-refractivity contribution in [2.75, 3.05) is 43.9 Å². The van der Waals surface area contributed by atoms with E-state index in [-0.39, 0.29) is 12.0 Å². The molecule has 1 saturated heterocycles. The summed E-state index contributed by atoms with van der Waals surface area (Å²) in [6.07, 6.45) is 5.74. The van der Waals surface area contributed by atoms with Gasteiger partial charge in [0.15, 0.2) is 0 Å². The van der Waals surface area contributed by atoms with E-state index in [1.54, 1.807) is 23.0 Å². The van der Waals surface area contributed by atoms with Gasteiger partial charge in [-0.05, 0) is 63.2 Å². The fourth-order valence-corrected chi connectivity index (χ4v) is 5.09. The van der Waals surface area contributed by atoms with E-state index in [2.05, 4.69) is 46.4 Å². The molecule has 0 spiro atoms. The van der Waals surface area contributed by atoms with Crippen molar-refractivity contribution < 1.29 is 4.79 Å². The number of carbonyl (C=O) groups is 1. The molecule has 0 bridgehead atoms. The molecule has 0 aliphatic carbocycles. The lowest BCUT2D eigenvalue weighted by molar-refractivity contribution is -0.112. The Morgan fingerprint density at radius 1 is 1.18 bits per heavy atom. The quantitative estimate of drug-likeness (QED) is 0.286. The summed E-state index contributed by atoms with van der Waals surface area (Å²) in [6.45, 7) is 3.30. The van der Waals surface area contributed by atoms with Gasteiger partial charge in [0, 0.05) is 42.0 Å². The molecule has 200 valence electrons. The molecule has 1 N–H and O–H groups in total. The van der Waals surface area contributed by atoms with Crippen LogP contribution in [-0.2, 0) is 11.3 Å². The molecule has 1 amide bonds. The van der Waals surface area contributed by atoms with Crippen LogP contribution >= 0.6 is 11.6 Å². The maximum absolute atomic E-state index is 13.3. The standard InChI is InChI=1S/C30H32ClN7O/c1-36(2)20-22-11-15-37(16-12-22)28-10-4-3-9-27(28)34-30(39)24(19-33)17-25-21-38(14-6-13-32)35-29(25)23-7-5-8-26(31)18-23/h3-5,7-10,17-18,21-22H,6,11-12,14-16,20H2,1-2H3,(H,34,39)/b24-17+. The fourth-order valence-electron chi connectivity index (χ4n) is 4.90. The van der Waals surface area contributed by atoms with Crippen LogP contribution in [0, 0.1) is 28.6 Å². The molecule has 0 atom stereocenters. The molecule has 1 aliphatic rings. The number of para-hydroxylation sites is 2. The molecule has 1 aromatic heterocycles. The van der Waals surface area contributed by atoms with E-state index in [0.29, 0.717) is 34.4 Å². The topological polar surface area (TPSA) is 101 Å². The second-order valence-electron chi connectivity index (χ2n) is 9.95. The minimum Gasteiger partial charge on any atom is -0.370 e. The molecule has 0 radical (unpaired) electrons. The number of benzene rings is 2. The summed E-state index contributed by atoms with van der Waals surface area (Å²) in [7, 11) is 4.21. The SMILES string of the molecule is CN(C)CC1CCN(c2ccccc2NC(=O)/C(C#N)=C/c2cn(CCC#N)nc2-c2cccc(Cl)c2)CC1. The first-order valence-corrected chi connectivity index (χ1v) is 13.4. The van der Waals surface area contributed by atoms with Gasteiger partial charge in [0.05, 0.1) is 36.1 Å². The van der Waals surface area contributed by atoms with Gasteiger partial charge in [-0.3, -0.25) is 9.48 Å². The Morgan fingerprint density at radius 3 is 2.64 bits per heavy atom. The van der Waals surface area contributed by atoms with Gasteiger partial charge in [-0.1, -0.05) is 35.9 Å². The van der Waals surface area contributed by atoms with Crippen molar-refractivity contribution in [1.29, 1.82) is 10.5 Å².